The Hall–Kier alpha value is -3.19. The monoisotopic (exact) mass is 648 g/mol. The molecule has 3 amide bonds. The van der Waals surface area contributed by atoms with Crippen LogP contribution in [0.1, 0.15) is 46.5 Å². The lowest BCUT2D eigenvalue weighted by molar-refractivity contribution is -0.131. The summed E-state index contributed by atoms with van der Waals surface area (Å²) >= 11 is 3.47. The number of rotatable bonds is 8. The van der Waals surface area contributed by atoms with E-state index < -0.39 is 62.4 Å². The van der Waals surface area contributed by atoms with Gasteiger partial charge in [-0.25, -0.2) is 18.2 Å². The van der Waals surface area contributed by atoms with Crippen LogP contribution in [0.3, 0.4) is 0 Å². The molecule has 2 aromatic rings. The first kappa shape index (κ1) is 29.3. The van der Waals surface area contributed by atoms with Gasteiger partial charge in [-0.2, -0.15) is 0 Å². The highest BCUT2D eigenvalue weighted by molar-refractivity contribution is 9.10. The van der Waals surface area contributed by atoms with Crippen molar-refractivity contribution in [1.82, 2.24) is 19.9 Å². The molecule has 1 aliphatic heterocycles. The largest absolute Gasteiger partial charge is 0.472 e. The Morgan fingerprint density at radius 2 is 1.95 bits per heavy atom. The standard InChI is InChI=1S/C28H33BrN4O7S/c1-5-17-14-28(17,25(35)32-41(37,38)20-8-9-20)31-23(34)22-13-19(15-33(22)26(36)40-27(2,3)4)39-24-21-12-18(29)7-6-16(21)10-11-30-24/h5-7,10-12,17,19-20,22H,1,8-9,13-15H2,2-4H3,(H,31,34)(H,32,35)/t17-,19-,22+,28?/m1/s1. The second-order valence-electron chi connectivity index (χ2n) is 11.8. The molecule has 2 saturated carbocycles. The summed E-state index contributed by atoms with van der Waals surface area (Å²) in [5.74, 6) is -1.52. The van der Waals surface area contributed by atoms with E-state index in [0.29, 0.717) is 18.7 Å². The van der Waals surface area contributed by atoms with Crippen molar-refractivity contribution in [3.05, 3.63) is 47.6 Å². The second kappa shape index (κ2) is 10.6. The van der Waals surface area contributed by atoms with Crippen molar-refractivity contribution in [2.75, 3.05) is 6.54 Å². The Kier molecular flexibility index (Phi) is 7.56. The molecule has 220 valence electrons. The Morgan fingerprint density at radius 1 is 1.22 bits per heavy atom. The molecule has 2 heterocycles. The molecule has 3 aliphatic rings. The van der Waals surface area contributed by atoms with Gasteiger partial charge in [0.15, 0.2) is 0 Å². The number of halogens is 1. The van der Waals surface area contributed by atoms with Crippen LogP contribution in [-0.2, 0) is 24.3 Å². The highest BCUT2D eigenvalue weighted by Gasteiger charge is 2.62. The molecule has 11 nitrogen and oxygen atoms in total. The van der Waals surface area contributed by atoms with Crippen LogP contribution in [0.25, 0.3) is 10.8 Å². The molecular weight excluding hydrogens is 616 g/mol. The number of carbonyl (C=O) groups is 3. The molecule has 13 heteroatoms. The van der Waals surface area contributed by atoms with Crippen molar-refractivity contribution in [2.24, 2.45) is 5.92 Å². The summed E-state index contributed by atoms with van der Waals surface area (Å²) in [7, 11) is -3.82. The van der Waals surface area contributed by atoms with Gasteiger partial charge < -0.3 is 14.8 Å². The quantitative estimate of drug-likeness (QED) is 0.414. The predicted molar refractivity (Wildman–Crippen MR) is 154 cm³/mol. The van der Waals surface area contributed by atoms with Crippen LogP contribution in [0.15, 0.2) is 47.6 Å². The number of benzene rings is 1. The fourth-order valence-corrected chi connectivity index (χ4v) is 6.76. The van der Waals surface area contributed by atoms with Crippen LogP contribution in [0.5, 0.6) is 5.88 Å². The van der Waals surface area contributed by atoms with Gasteiger partial charge in [-0.05, 0) is 63.6 Å². The van der Waals surface area contributed by atoms with E-state index in [9.17, 15) is 22.8 Å². The highest BCUT2D eigenvalue weighted by Crippen LogP contribution is 2.45. The lowest BCUT2D eigenvalue weighted by Gasteiger charge is -2.29. The topological polar surface area (TPSA) is 144 Å². The molecule has 2 N–H and O–H groups in total. The maximum Gasteiger partial charge on any atom is 0.411 e. The Morgan fingerprint density at radius 3 is 2.59 bits per heavy atom. The number of nitrogens with one attached hydrogen (secondary N) is 2. The van der Waals surface area contributed by atoms with E-state index in [4.69, 9.17) is 9.47 Å². The van der Waals surface area contributed by atoms with Gasteiger partial charge in [0, 0.05) is 28.4 Å². The number of ether oxygens (including phenoxy) is 2. The molecule has 2 aliphatic carbocycles. The third-order valence-corrected chi connectivity index (χ3v) is 9.72. The molecular formula is C28H33BrN4O7S. The van der Waals surface area contributed by atoms with Crippen molar-refractivity contribution in [3.8, 4) is 5.88 Å². The van der Waals surface area contributed by atoms with Gasteiger partial charge in [-0.15, -0.1) is 6.58 Å². The average molecular weight is 650 g/mol. The van der Waals surface area contributed by atoms with E-state index in [-0.39, 0.29) is 19.4 Å². The molecule has 3 fully saturated rings. The molecule has 0 bridgehead atoms. The minimum absolute atomic E-state index is 0.0409. The zero-order valence-electron chi connectivity index (χ0n) is 23.1. The summed E-state index contributed by atoms with van der Waals surface area (Å²) < 4.78 is 39.7. The molecule has 41 heavy (non-hydrogen) atoms. The molecule has 1 aromatic heterocycles. The zero-order valence-corrected chi connectivity index (χ0v) is 25.5. The summed E-state index contributed by atoms with van der Waals surface area (Å²) in [4.78, 5) is 45.7. The normalized spacial score (nSPS) is 25.9. The summed E-state index contributed by atoms with van der Waals surface area (Å²) in [6, 6.07) is 6.52. The fraction of sp³-hybridized carbons (Fsp3) is 0.500. The minimum Gasteiger partial charge on any atom is -0.472 e. The van der Waals surface area contributed by atoms with Crippen molar-refractivity contribution >= 4 is 54.6 Å². The number of nitrogens with zero attached hydrogens (tertiary/aromatic N) is 2. The van der Waals surface area contributed by atoms with Gasteiger partial charge in [-0.1, -0.05) is 28.1 Å². The number of pyridine rings is 1. The molecule has 1 unspecified atom stereocenters. The van der Waals surface area contributed by atoms with Crippen molar-refractivity contribution in [2.45, 2.75) is 75.0 Å². The Balaban J connectivity index is 1.38. The summed E-state index contributed by atoms with van der Waals surface area (Å²) in [6.45, 7) is 8.94. The molecule has 4 atom stereocenters. The number of fused-ring (bicyclic) bond motifs is 1. The van der Waals surface area contributed by atoms with E-state index in [1.807, 2.05) is 24.3 Å². The first-order chi connectivity index (χ1) is 19.2. The van der Waals surface area contributed by atoms with E-state index in [1.54, 1.807) is 27.0 Å². The van der Waals surface area contributed by atoms with Gasteiger partial charge >= 0.3 is 6.09 Å². The van der Waals surface area contributed by atoms with Crippen LogP contribution in [0.4, 0.5) is 4.79 Å². The molecule has 5 rings (SSSR count). The van der Waals surface area contributed by atoms with Crippen molar-refractivity contribution < 1.29 is 32.3 Å². The van der Waals surface area contributed by atoms with Crippen LogP contribution in [0.2, 0.25) is 0 Å². The average Bonchev–Trinajstić information content (AvgIpc) is 3.80. The predicted octanol–water partition coefficient (Wildman–Crippen LogP) is 3.42. The maximum absolute atomic E-state index is 13.7. The number of aromatic nitrogens is 1. The summed E-state index contributed by atoms with van der Waals surface area (Å²) in [5, 5.41) is 3.82. The van der Waals surface area contributed by atoms with Crippen molar-refractivity contribution in [3.63, 3.8) is 0 Å². The number of hydrogen-bond donors (Lipinski definition) is 2. The van der Waals surface area contributed by atoms with E-state index in [2.05, 4.69) is 37.5 Å². The third-order valence-electron chi connectivity index (χ3n) is 7.41. The number of hydrogen-bond acceptors (Lipinski definition) is 8. The van der Waals surface area contributed by atoms with E-state index >= 15 is 0 Å². The van der Waals surface area contributed by atoms with Crippen molar-refractivity contribution in [1.29, 1.82) is 0 Å². The summed E-state index contributed by atoms with van der Waals surface area (Å²) in [5.41, 5.74) is -2.29. The minimum atomic E-state index is -3.82. The SMILES string of the molecule is C=C[C@@H]1CC1(NC(=O)[C@@H]1C[C@@H](Oc2nccc3ccc(Br)cc23)CN1C(=O)OC(C)(C)C)C(=O)NS(=O)(=O)C1CC1. The Bertz CT molecular complexity index is 1520. The van der Waals surface area contributed by atoms with Gasteiger partial charge in [0.1, 0.15) is 23.3 Å². The van der Waals surface area contributed by atoms with E-state index in [1.165, 1.54) is 11.0 Å². The number of amides is 3. The number of sulfonamides is 1. The van der Waals surface area contributed by atoms with Crippen LogP contribution in [-0.4, -0.2) is 71.3 Å². The Labute approximate surface area is 247 Å². The first-order valence-electron chi connectivity index (χ1n) is 13.4. The number of carbonyl (C=O) groups excluding carboxylic acids is 3. The fourth-order valence-electron chi connectivity index (χ4n) is 5.04. The van der Waals surface area contributed by atoms with Gasteiger partial charge in [0.2, 0.25) is 21.8 Å². The number of likely N-dealkylation sites (tertiary alicyclic amines) is 1. The third kappa shape index (κ3) is 6.20. The highest BCUT2D eigenvalue weighted by atomic mass is 79.9. The molecule has 0 spiro atoms. The smallest absolute Gasteiger partial charge is 0.411 e. The molecule has 1 saturated heterocycles. The molecule has 1 aromatic carbocycles. The van der Waals surface area contributed by atoms with E-state index in [0.717, 1.165) is 15.2 Å². The lowest BCUT2D eigenvalue weighted by Crippen LogP contribution is -2.56. The zero-order chi connectivity index (χ0) is 29.7. The van der Waals surface area contributed by atoms with Gasteiger partial charge in [0.05, 0.1) is 11.8 Å². The maximum atomic E-state index is 13.7. The van der Waals surface area contributed by atoms with Crippen LogP contribution < -0.4 is 14.8 Å². The summed E-state index contributed by atoms with van der Waals surface area (Å²) in [6.07, 6.45) is 3.11. The van der Waals surface area contributed by atoms with Crippen LogP contribution in [0, 0.1) is 5.92 Å². The first-order valence-corrected chi connectivity index (χ1v) is 15.8. The second-order valence-corrected chi connectivity index (χ2v) is 14.7. The lowest BCUT2D eigenvalue weighted by atomic mass is 10.1. The van der Waals surface area contributed by atoms with Gasteiger partial charge in [-0.3, -0.25) is 19.2 Å². The van der Waals surface area contributed by atoms with Gasteiger partial charge in [0.25, 0.3) is 5.91 Å². The van der Waals surface area contributed by atoms with Crippen LogP contribution >= 0.6 is 15.9 Å². The molecule has 0 radical (unpaired) electrons.